The van der Waals surface area contributed by atoms with Crippen LogP contribution in [0.15, 0.2) is 47.7 Å². The van der Waals surface area contributed by atoms with Gasteiger partial charge in [0, 0.05) is 58.2 Å². The molecule has 0 unspecified atom stereocenters. The van der Waals surface area contributed by atoms with Crippen molar-refractivity contribution in [2.45, 2.75) is 19.9 Å². The number of aryl methyl sites for hydroxylation is 1. The molecule has 7 nitrogen and oxygen atoms in total. The maximum absolute atomic E-state index is 5.51. The molecule has 1 saturated heterocycles. The molecule has 27 heavy (non-hydrogen) atoms. The zero-order valence-corrected chi connectivity index (χ0v) is 16.3. The zero-order valence-electron chi connectivity index (χ0n) is 16.3. The van der Waals surface area contributed by atoms with Gasteiger partial charge in [-0.1, -0.05) is 12.1 Å². The van der Waals surface area contributed by atoms with Gasteiger partial charge in [-0.3, -0.25) is 9.67 Å². The quantitative estimate of drug-likeness (QED) is 0.459. The van der Waals surface area contributed by atoms with Gasteiger partial charge in [-0.15, -0.1) is 0 Å². The molecule has 1 N–H and O–H groups in total. The van der Waals surface area contributed by atoms with E-state index in [-0.39, 0.29) is 0 Å². The minimum absolute atomic E-state index is 0.801. The van der Waals surface area contributed by atoms with Crippen LogP contribution in [-0.4, -0.2) is 67.0 Å². The standard InChI is InChI=1S/C20H30N6O/c1-3-21-20(22-10-6-12-26-13-7-11-23-26)25-16-14-24(15-17-25)18-8-4-5-9-19(18)27-2/h4-5,7-9,11,13H,3,6,10,12,14-17H2,1-2H3,(H,21,22). The molecule has 0 atom stereocenters. The number of guanidine groups is 1. The molecule has 2 heterocycles. The summed E-state index contributed by atoms with van der Waals surface area (Å²) < 4.78 is 7.46. The van der Waals surface area contributed by atoms with E-state index in [0.717, 1.165) is 63.9 Å². The highest BCUT2D eigenvalue weighted by Crippen LogP contribution is 2.28. The van der Waals surface area contributed by atoms with E-state index in [0.29, 0.717) is 0 Å². The van der Waals surface area contributed by atoms with E-state index in [1.807, 2.05) is 35.3 Å². The van der Waals surface area contributed by atoms with Gasteiger partial charge in [0.05, 0.1) is 12.8 Å². The second-order valence-electron chi connectivity index (χ2n) is 6.50. The maximum Gasteiger partial charge on any atom is 0.194 e. The summed E-state index contributed by atoms with van der Waals surface area (Å²) in [6, 6.07) is 10.2. The van der Waals surface area contributed by atoms with E-state index in [1.165, 1.54) is 5.69 Å². The summed E-state index contributed by atoms with van der Waals surface area (Å²) in [4.78, 5) is 9.55. The summed E-state index contributed by atoms with van der Waals surface area (Å²) in [5.41, 5.74) is 1.17. The molecule has 0 spiro atoms. The minimum Gasteiger partial charge on any atom is -0.495 e. The van der Waals surface area contributed by atoms with Crippen molar-refractivity contribution in [2.75, 3.05) is 51.3 Å². The summed E-state index contributed by atoms with van der Waals surface area (Å²) in [5.74, 6) is 1.95. The van der Waals surface area contributed by atoms with E-state index in [1.54, 1.807) is 7.11 Å². The summed E-state index contributed by atoms with van der Waals surface area (Å²) in [6.45, 7) is 8.50. The molecule has 1 aliphatic heterocycles. The Balaban J connectivity index is 1.54. The molecule has 7 heteroatoms. The average molecular weight is 371 g/mol. The first-order chi connectivity index (χ1) is 13.3. The molecule has 0 bridgehead atoms. The van der Waals surface area contributed by atoms with Crippen molar-refractivity contribution in [1.82, 2.24) is 20.0 Å². The van der Waals surface area contributed by atoms with Gasteiger partial charge < -0.3 is 19.9 Å². The third-order valence-corrected chi connectivity index (χ3v) is 4.71. The van der Waals surface area contributed by atoms with Crippen molar-refractivity contribution >= 4 is 11.6 Å². The van der Waals surface area contributed by atoms with Crippen LogP contribution in [0.3, 0.4) is 0 Å². The molecule has 1 fully saturated rings. The van der Waals surface area contributed by atoms with E-state index >= 15 is 0 Å². The number of ether oxygens (including phenoxy) is 1. The summed E-state index contributed by atoms with van der Waals surface area (Å²) in [6.07, 6.45) is 4.79. The molecule has 1 aliphatic rings. The summed E-state index contributed by atoms with van der Waals surface area (Å²) in [5, 5.41) is 7.67. The zero-order chi connectivity index (χ0) is 18.9. The molecule has 1 aromatic carbocycles. The van der Waals surface area contributed by atoms with Crippen LogP contribution in [-0.2, 0) is 6.54 Å². The molecule has 2 aromatic rings. The highest BCUT2D eigenvalue weighted by molar-refractivity contribution is 5.80. The molecule has 146 valence electrons. The lowest BCUT2D eigenvalue weighted by atomic mass is 10.2. The predicted octanol–water partition coefficient (Wildman–Crippen LogP) is 2.07. The van der Waals surface area contributed by atoms with Crippen LogP contribution in [0.1, 0.15) is 13.3 Å². The number of benzene rings is 1. The van der Waals surface area contributed by atoms with Crippen molar-refractivity contribution in [1.29, 1.82) is 0 Å². The summed E-state index contributed by atoms with van der Waals surface area (Å²) in [7, 11) is 1.73. The van der Waals surface area contributed by atoms with Gasteiger partial charge in [-0.25, -0.2) is 0 Å². The van der Waals surface area contributed by atoms with Crippen molar-refractivity contribution < 1.29 is 4.74 Å². The SMILES string of the molecule is CCNC(=NCCCn1cccn1)N1CCN(c2ccccc2OC)CC1. The maximum atomic E-state index is 5.51. The molecule has 0 saturated carbocycles. The highest BCUT2D eigenvalue weighted by Gasteiger charge is 2.21. The van der Waals surface area contributed by atoms with E-state index in [2.05, 4.69) is 39.3 Å². The van der Waals surface area contributed by atoms with Crippen LogP contribution in [0.2, 0.25) is 0 Å². The Kier molecular flexibility index (Phi) is 6.96. The molecule has 1 aromatic heterocycles. The number of anilines is 1. The molecule has 0 amide bonds. The first-order valence-electron chi connectivity index (χ1n) is 9.70. The fourth-order valence-electron chi connectivity index (χ4n) is 3.33. The number of hydrogen-bond acceptors (Lipinski definition) is 4. The van der Waals surface area contributed by atoms with Crippen molar-refractivity contribution in [3.05, 3.63) is 42.7 Å². The number of nitrogens with one attached hydrogen (secondary N) is 1. The number of para-hydroxylation sites is 2. The Morgan fingerprint density at radius 3 is 2.70 bits per heavy atom. The van der Waals surface area contributed by atoms with Crippen LogP contribution in [0.25, 0.3) is 0 Å². The number of methoxy groups -OCH3 is 1. The van der Waals surface area contributed by atoms with Gasteiger partial charge in [-0.2, -0.15) is 5.10 Å². The Bertz CT molecular complexity index is 707. The van der Waals surface area contributed by atoms with Gasteiger partial charge >= 0.3 is 0 Å². The predicted molar refractivity (Wildman–Crippen MR) is 110 cm³/mol. The Labute approximate surface area is 161 Å². The second-order valence-corrected chi connectivity index (χ2v) is 6.50. The summed E-state index contributed by atoms with van der Waals surface area (Å²) >= 11 is 0. The number of rotatable bonds is 7. The van der Waals surface area contributed by atoms with Gasteiger partial charge in [0.15, 0.2) is 5.96 Å². The number of aromatic nitrogens is 2. The lowest BCUT2D eigenvalue weighted by Gasteiger charge is -2.38. The fraction of sp³-hybridized carbons (Fsp3) is 0.500. The Morgan fingerprint density at radius 2 is 2.00 bits per heavy atom. The van der Waals surface area contributed by atoms with Gasteiger partial charge in [0.2, 0.25) is 0 Å². The van der Waals surface area contributed by atoms with Crippen LogP contribution >= 0.6 is 0 Å². The van der Waals surface area contributed by atoms with Crippen LogP contribution < -0.4 is 15.0 Å². The third kappa shape index (κ3) is 5.15. The highest BCUT2D eigenvalue weighted by atomic mass is 16.5. The largest absolute Gasteiger partial charge is 0.495 e. The smallest absolute Gasteiger partial charge is 0.194 e. The molecular formula is C20H30N6O. The lowest BCUT2D eigenvalue weighted by molar-refractivity contribution is 0.367. The Hall–Kier alpha value is -2.70. The fourth-order valence-corrected chi connectivity index (χ4v) is 3.33. The van der Waals surface area contributed by atoms with Crippen molar-refractivity contribution in [3.63, 3.8) is 0 Å². The van der Waals surface area contributed by atoms with Gasteiger partial charge in [0.1, 0.15) is 5.75 Å². The number of nitrogens with zero attached hydrogens (tertiary/aromatic N) is 5. The van der Waals surface area contributed by atoms with Crippen LogP contribution in [0.4, 0.5) is 5.69 Å². The topological polar surface area (TPSA) is 57.9 Å². The van der Waals surface area contributed by atoms with E-state index < -0.39 is 0 Å². The van der Waals surface area contributed by atoms with Gasteiger partial charge in [-0.05, 0) is 31.5 Å². The number of hydrogen-bond donors (Lipinski definition) is 1. The minimum atomic E-state index is 0.801. The normalized spacial score (nSPS) is 15.1. The number of aliphatic imine (C=N–C) groups is 1. The Morgan fingerprint density at radius 1 is 1.19 bits per heavy atom. The van der Waals surface area contributed by atoms with Gasteiger partial charge in [0.25, 0.3) is 0 Å². The monoisotopic (exact) mass is 370 g/mol. The average Bonchev–Trinajstić information content (AvgIpc) is 3.24. The molecule has 0 radical (unpaired) electrons. The first kappa shape index (κ1) is 19.1. The van der Waals surface area contributed by atoms with Crippen LogP contribution in [0, 0.1) is 0 Å². The van der Waals surface area contributed by atoms with E-state index in [4.69, 9.17) is 9.73 Å². The lowest BCUT2D eigenvalue weighted by Crippen LogP contribution is -2.52. The van der Waals surface area contributed by atoms with Crippen molar-refractivity contribution in [3.8, 4) is 5.75 Å². The van der Waals surface area contributed by atoms with E-state index in [9.17, 15) is 0 Å². The molecule has 3 rings (SSSR count). The third-order valence-electron chi connectivity index (χ3n) is 4.71. The van der Waals surface area contributed by atoms with Crippen LogP contribution in [0.5, 0.6) is 5.75 Å². The molecule has 0 aliphatic carbocycles. The van der Waals surface area contributed by atoms with Crippen molar-refractivity contribution in [2.24, 2.45) is 4.99 Å². The number of piperazine rings is 1. The second kappa shape index (κ2) is 9.85. The molecular weight excluding hydrogens is 340 g/mol. The first-order valence-corrected chi connectivity index (χ1v) is 9.70.